The molecule has 0 aliphatic heterocycles. The first-order valence-corrected chi connectivity index (χ1v) is 9.39. The van der Waals surface area contributed by atoms with Crippen LogP contribution < -0.4 is 0 Å². The molecule has 0 aliphatic carbocycles. The van der Waals surface area contributed by atoms with Crippen molar-refractivity contribution in [2.75, 3.05) is 0 Å². The molecule has 0 spiro atoms. The van der Waals surface area contributed by atoms with E-state index in [0.717, 1.165) is 26.7 Å². The Bertz CT molecular complexity index is 972. The van der Waals surface area contributed by atoms with Crippen molar-refractivity contribution in [3.05, 3.63) is 99.0 Å². The fraction of sp³-hybridized carbons (Fsp3) is 0.182. The van der Waals surface area contributed by atoms with Crippen LogP contribution in [0.1, 0.15) is 34.2 Å². The molecule has 0 bridgehead atoms. The third-order valence-corrected chi connectivity index (χ3v) is 5.39. The molecule has 1 heterocycles. The maximum absolute atomic E-state index is 15.0. The number of hydrogen-bond donors (Lipinski definition) is 1. The van der Waals surface area contributed by atoms with Crippen molar-refractivity contribution in [3.63, 3.8) is 0 Å². The van der Waals surface area contributed by atoms with Crippen LogP contribution >= 0.6 is 15.9 Å². The van der Waals surface area contributed by atoms with Gasteiger partial charge in [0.05, 0.1) is 5.41 Å². The van der Waals surface area contributed by atoms with Gasteiger partial charge in [0, 0.05) is 28.9 Å². The van der Waals surface area contributed by atoms with Gasteiger partial charge in [0.1, 0.15) is 0 Å². The van der Waals surface area contributed by atoms with E-state index in [-0.39, 0.29) is 6.42 Å². The number of rotatable bonds is 5. The first-order chi connectivity index (χ1) is 13.0. The fourth-order valence-corrected chi connectivity index (χ4v) is 3.87. The SMILES string of the molecule is Cc1cnc(F)c(C(C/C=N/O)(c2ccc(Br)cc2)c2ccccc2C)c1. The molecule has 1 atom stereocenters. The molecule has 3 nitrogen and oxygen atoms in total. The van der Waals surface area contributed by atoms with Gasteiger partial charge in [-0.2, -0.15) is 4.39 Å². The molecule has 0 radical (unpaired) electrons. The van der Waals surface area contributed by atoms with Gasteiger partial charge in [-0.15, -0.1) is 5.16 Å². The molecule has 0 amide bonds. The molecule has 27 heavy (non-hydrogen) atoms. The largest absolute Gasteiger partial charge is 0.411 e. The fourth-order valence-electron chi connectivity index (χ4n) is 3.61. The molecule has 1 N–H and O–H groups in total. The van der Waals surface area contributed by atoms with E-state index in [9.17, 15) is 0 Å². The van der Waals surface area contributed by atoms with Crippen molar-refractivity contribution in [2.24, 2.45) is 5.16 Å². The van der Waals surface area contributed by atoms with E-state index < -0.39 is 11.4 Å². The summed E-state index contributed by atoms with van der Waals surface area (Å²) in [4.78, 5) is 3.97. The summed E-state index contributed by atoms with van der Waals surface area (Å²) < 4.78 is 16.0. The van der Waals surface area contributed by atoms with Crippen LogP contribution in [0.4, 0.5) is 4.39 Å². The van der Waals surface area contributed by atoms with Crippen LogP contribution in [0.3, 0.4) is 0 Å². The Hall–Kier alpha value is -2.53. The molecule has 3 aromatic rings. The summed E-state index contributed by atoms with van der Waals surface area (Å²) >= 11 is 3.47. The number of oxime groups is 1. The van der Waals surface area contributed by atoms with Crippen LogP contribution in [0, 0.1) is 19.8 Å². The zero-order valence-electron chi connectivity index (χ0n) is 15.2. The third kappa shape index (κ3) is 3.65. The topological polar surface area (TPSA) is 45.5 Å². The predicted molar refractivity (Wildman–Crippen MR) is 109 cm³/mol. The van der Waals surface area contributed by atoms with Gasteiger partial charge in [-0.3, -0.25) is 0 Å². The number of halogens is 2. The molecule has 1 aromatic heterocycles. The van der Waals surface area contributed by atoms with E-state index in [1.165, 1.54) is 12.4 Å². The number of benzene rings is 2. The van der Waals surface area contributed by atoms with Gasteiger partial charge < -0.3 is 5.21 Å². The highest BCUT2D eigenvalue weighted by Gasteiger charge is 2.39. The summed E-state index contributed by atoms with van der Waals surface area (Å²) in [7, 11) is 0. The van der Waals surface area contributed by atoms with Crippen molar-refractivity contribution < 1.29 is 9.60 Å². The van der Waals surface area contributed by atoms with E-state index in [1.807, 2.05) is 68.4 Å². The number of aryl methyl sites for hydroxylation is 2. The molecule has 0 fully saturated rings. The lowest BCUT2D eigenvalue weighted by molar-refractivity contribution is 0.319. The van der Waals surface area contributed by atoms with Crippen LogP contribution in [0.25, 0.3) is 0 Å². The standard InChI is InChI=1S/C22H20BrFN2O/c1-15-13-20(21(24)25-14-15)22(11-12-26-27,17-7-9-18(23)10-8-17)19-6-4-3-5-16(19)2/h3-10,12-14,27H,11H2,1-2H3/b26-12+. The van der Waals surface area contributed by atoms with Gasteiger partial charge in [-0.05, 0) is 54.3 Å². The second kappa shape index (κ2) is 8.01. The highest BCUT2D eigenvalue weighted by atomic mass is 79.9. The lowest BCUT2D eigenvalue weighted by Gasteiger charge is -2.36. The molecule has 0 saturated heterocycles. The number of hydrogen-bond acceptors (Lipinski definition) is 3. The van der Waals surface area contributed by atoms with E-state index in [2.05, 4.69) is 26.1 Å². The highest BCUT2D eigenvalue weighted by Crippen LogP contribution is 2.44. The minimum atomic E-state index is -0.874. The van der Waals surface area contributed by atoms with Crippen LogP contribution in [0.5, 0.6) is 0 Å². The lowest BCUT2D eigenvalue weighted by atomic mass is 9.66. The molecular weight excluding hydrogens is 407 g/mol. The van der Waals surface area contributed by atoms with Crippen LogP contribution in [-0.2, 0) is 5.41 Å². The quantitative estimate of drug-likeness (QED) is 0.243. The smallest absolute Gasteiger partial charge is 0.217 e. The van der Waals surface area contributed by atoms with E-state index in [0.29, 0.717) is 5.56 Å². The number of pyridine rings is 1. The minimum absolute atomic E-state index is 0.290. The number of aromatic nitrogens is 1. The molecular formula is C22H20BrFN2O. The maximum atomic E-state index is 15.0. The molecule has 138 valence electrons. The van der Waals surface area contributed by atoms with Crippen LogP contribution in [0.15, 0.2) is 70.4 Å². The van der Waals surface area contributed by atoms with Crippen molar-refractivity contribution in [3.8, 4) is 0 Å². The van der Waals surface area contributed by atoms with Gasteiger partial charge in [0.2, 0.25) is 5.95 Å². The summed E-state index contributed by atoms with van der Waals surface area (Å²) in [6.07, 6.45) is 3.22. The zero-order valence-corrected chi connectivity index (χ0v) is 16.7. The second-order valence-corrected chi connectivity index (χ2v) is 7.50. The summed E-state index contributed by atoms with van der Waals surface area (Å²) in [5, 5.41) is 12.4. The molecule has 5 heteroatoms. The van der Waals surface area contributed by atoms with Gasteiger partial charge in [-0.1, -0.05) is 52.3 Å². The van der Waals surface area contributed by atoms with Crippen LogP contribution in [0.2, 0.25) is 0 Å². The second-order valence-electron chi connectivity index (χ2n) is 6.58. The molecule has 0 aliphatic rings. The van der Waals surface area contributed by atoms with E-state index >= 15 is 4.39 Å². The summed E-state index contributed by atoms with van der Waals surface area (Å²) in [6, 6.07) is 17.5. The lowest BCUT2D eigenvalue weighted by Crippen LogP contribution is -2.32. The van der Waals surface area contributed by atoms with Gasteiger partial charge >= 0.3 is 0 Å². The third-order valence-electron chi connectivity index (χ3n) is 4.86. The Labute approximate surface area is 166 Å². The maximum Gasteiger partial charge on any atom is 0.217 e. The molecule has 3 rings (SSSR count). The first kappa shape index (κ1) is 19.2. The Kier molecular flexibility index (Phi) is 5.71. The summed E-state index contributed by atoms with van der Waals surface area (Å²) in [5.74, 6) is -0.530. The molecule has 1 unspecified atom stereocenters. The van der Waals surface area contributed by atoms with Crippen molar-refractivity contribution in [1.82, 2.24) is 4.98 Å². The van der Waals surface area contributed by atoms with Gasteiger partial charge in [-0.25, -0.2) is 4.98 Å². The van der Waals surface area contributed by atoms with E-state index in [1.54, 1.807) is 0 Å². The Morgan fingerprint density at radius 1 is 1.11 bits per heavy atom. The predicted octanol–water partition coefficient (Wildman–Crippen LogP) is 5.78. The van der Waals surface area contributed by atoms with Crippen molar-refractivity contribution >= 4 is 22.1 Å². The number of nitrogens with zero attached hydrogens (tertiary/aromatic N) is 2. The normalized spacial score (nSPS) is 13.6. The monoisotopic (exact) mass is 426 g/mol. The first-order valence-electron chi connectivity index (χ1n) is 8.59. The Morgan fingerprint density at radius 2 is 1.81 bits per heavy atom. The van der Waals surface area contributed by atoms with Crippen LogP contribution in [-0.4, -0.2) is 16.4 Å². The van der Waals surface area contributed by atoms with Crippen molar-refractivity contribution in [1.29, 1.82) is 0 Å². The Morgan fingerprint density at radius 3 is 2.48 bits per heavy atom. The minimum Gasteiger partial charge on any atom is -0.411 e. The Balaban J connectivity index is 2.43. The zero-order chi connectivity index (χ0) is 19.4. The summed E-state index contributed by atoms with van der Waals surface area (Å²) in [6.45, 7) is 3.89. The molecule has 0 saturated carbocycles. The highest BCUT2D eigenvalue weighted by molar-refractivity contribution is 9.10. The average molecular weight is 427 g/mol. The van der Waals surface area contributed by atoms with E-state index in [4.69, 9.17) is 5.21 Å². The summed E-state index contributed by atoms with van der Waals surface area (Å²) in [5.41, 5.74) is 3.31. The molecule has 2 aromatic carbocycles. The van der Waals surface area contributed by atoms with Gasteiger partial charge in [0.15, 0.2) is 0 Å². The van der Waals surface area contributed by atoms with Crippen molar-refractivity contribution in [2.45, 2.75) is 25.7 Å². The average Bonchev–Trinajstić information content (AvgIpc) is 2.67. The van der Waals surface area contributed by atoms with Gasteiger partial charge in [0.25, 0.3) is 0 Å².